The largest absolute Gasteiger partial charge is 0.478 e. The summed E-state index contributed by atoms with van der Waals surface area (Å²) in [5.41, 5.74) is 0.316. The van der Waals surface area contributed by atoms with Crippen molar-refractivity contribution in [1.29, 1.82) is 0 Å². The van der Waals surface area contributed by atoms with E-state index in [0.29, 0.717) is 6.54 Å². The molecule has 1 aromatic carbocycles. The lowest BCUT2D eigenvalue weighted by molar-refractivity contribution is 0.0658. The van der Waals surface area contributed by atoms with Gasteiger partial charge < -0.3 is 10.0 Å². The van der Waals surface area contributed by atoms with Crippen LogP contribution in [0.2, 0.25) is 0 Å². The molecule has 1 aromatic rings. The second-order valence-electron chi connectivity index (χ2n) is 4.44. The summed E-state index contributed by atoms with van der Waals surface area (Å²) in [6.07, 6.45) is 0.846. The first-order valence-electron chi connectivity index (χ1n) is 6.12. The Morgan fingerprint density at radius 1 is 1.22 bits per heavy atom. The number of amides is 1. The Morgan fingerprint density at radius 3 is 2.22 bits per heavy atom. The van der Waals surface area contributed by atoms with Gasteiger partial charge in [-0.3, -0.25) is 4.79 Å². The van der Waals surface area contributed by atoms with E-state index in [1.807, 2.05) is 20.8 Å². The van der Waals surface area contributed by atoms with E-state index in [0.717, 1.165) is 6.42 Å². The van der Waals surface area contributed by atoms with Crippen molar-refractivity contribution in [2.75, 3.05) is 6.54 Å². The van der Waals surface area contributed by atoms with Crippen LogP contribution in [0.3, 0.4) is 0 Å². The van der Waals surface area contributed by atoms with Crippen LogP contribution in [0.4, 0.5) is 0 Å². The molecule has 0 radical (unpaired) electrons. The van der Waals surface area contributed by atoms with E-state index in [-0.39, 0.29) is 23.1 Å². The van der Waals surface area contributed by atoms with Crippen molar-refractivity contribution < 1.29 is 14.7 Å². The first kappa shape index (κ1) is 14.2. The number of carbonyl (C=O) groups is 2. The molecule has 0 aliphatic carbocycles. The van der Waals surface area contributed by atoms with Crippen molar-refractivity contribution in [2.45, 2.75) is 33.2 Å². The van der Waals surface area contributed by atoms with Gasteiger partial charge in [0.2, 0.25) is 0 Å². The molecule has 1 N–H and O–H groups in total. The van der Waals surface area contributed by atoms with Crippen molar-refractivity contribution in [3.63, 3.8) is 0 Å². The molecule has 0 heterocycles. The third kappa shape index (κ3) is 3.09. The van der Waals surface area contributed by atoms with Gasteiger partial charge in [0, 0.05) is 12.6 Å². The van der Waals surface area contributed by atoms with E-state index < -0.39 is 5.97 Å². The first-order valence-corrected chi connectivity index (χ1v) is 6.12. The molecule has 98 valence electrons. The maximum atomic E-state index is 12.4. The highest BCUT2D eigenvalue weighted by atomic mass is 16.4. The molecule has 18 heavy (non-hydrogen) atoms. The molecular weight excluding hydrogens is 230 g/mol. The van der Waals surface area contributed by atoms with Gasteiger partial charge in [0.1, 0.15) is 0 Å². The summed E-state index contributed by atoms with van der Waals surface area (Å²) in [6, 6.07) is 6.39. The minimum Gasteiger partial charge on any atom is -0.478 e. The molecular formula is C14H19NO3. The number of carbonyl (C=O) groups excluding carboxylic acids is 1. The summed E-state index contributed by atoms with van der Waals surface area (Å²) in [5, 5.41) is 9.09. The zero-order chi connectivity index (χ0) is 13.7. The number of nitrogens with zero attached hydrogens (tertiary/aromatic N) is 1. The van der Waals surface area contributed by atoms with Gasteiger partial charge in [-0.1, -0.05) is 19.1 Å². The van der Waals surface area contributed by atoms with Crippen LogP contribution < -0.4 is 0 Å². The summed E-state index contributed by atoms with van der Waals surface area (Å²) >= 11 is 0. The van der Waals surface area contributed by atoms with E-state index in [2.05, 4.69) is 0 Å². The number of benzene rings is 1. The van der Waals surface area contributed by atoms with Gasteiger partial charge in [-0.15, -0.1) is 0 Å². The van der Waals surface area contributed by atoms with E-state index >= 15 is 0 Å². The Kier molecular flexibility index (Phi) is 4.89. The third-order valence-corrected chi connectivity index (χ3v) is 2.74. The van der Waals surface area contributed by atoms with Gasteiger partial charge in [0.25, 0.3) is 5.91 Å². The van der Waals surface area contributed by atoms with Crippen LogP contribution in [0.5, 0.6) is 0 Å². The average molecular weight is 249 g/mol. The van der Waals surface area contributed by atoms with Gasteiger partial charge in [-0.25, -0.2) is 4.79 Å². The fraction of sp³-hybridized carbons (Fsp3) is 0.429. The summed E-state index contributed by atoms with van der Waals surface area (Å²) in [4.78, 5) is 25.2. The minimum atomic E-state index is -1.07. The molecule has 4 nitrogen and oxygen atoms in total. The predicted octanol–water partition coefficient (Wildman–Crippen LogP) is 2.65. The summed E-state index contributed by atoms with van der Waals surface area (Å²) in [5.74, 6) is -1.29. The van der Waals surface area contributed by atoms with Crippen molar-refractivity contribution in [2.24, 2.45) is 0 Å². The number of carboxylic acid groups (broad SMARTS) is 1. The summed E-state index contributed by atoms with van der Waals surface area (Å²) < 4.78 is 0. The van der Waals surface area contributed by atoms with E-state index in [4.69, 9.17) is 5.11 Å². The Morgan fingerprint density at radius 2 is 1.78 bits per heavy atom. The molecule has 0 spiro atoms. The maximum absolute atomic E-state index is 12.4. The normalized spacial score (nSPS) is 10.4. The Labute approximate surface area is 107 Å². The zero-order valence-corrected chi connectivity index (χ0v) is 11.0. The monoisotopic (exact) mass is 249 g/mol. The number of hydrogen-bond donors (Lipinski definition) is 1. The number of carboxylic acids is 1. The fourth-order valence-corrected chi connectivity index (χ4v) is 1.85. The highest BCUT2D eigenvalue weighted by Crippen LogP contribution is 2.14. The first-order chi connectivity index (χ1) is 8.49. The lowest BCUT2D eigenvalue weighted by Gasteiger charge is -2.26. The van der Waals surface area contributed by atoms with Crippen molar-refractivity contribution in [3.8, 4) is 0 Å². The quantitative estimate of drug-likeness (QED) is 0.872. The Bertz CT molecular complexity index is 440. The van der Waals surface area contributed by atoms with Crippen molar-refractivity contribution >= 4 is 11.9 Å². The fourth-order valence-electron chi connectivity index (χ4n) is 1.85. The number of aromatic carboxylic acids is 1. The van der Waals surface area contributed by atoms with Crippen molar-refractivity contribution in [3.05, 3.63) is 35.4 Å². The smallest absolute Gasteiger partial charge is 0.336 e. The van der Waals surface area contributed by atoms with Gasteiger partial charge in [0.15, 0.2) is 0 Å². The second-order valence-corrected chi connectivity index (χ2v) is 4.44. The standard InChI is InChI=1S/C14H19NO3/c1-4-9-15(10(2)3)13(16)11-7-5-6-8-12(11)14(17)18/h5-8,10H,4,9H2,1-3H3,(H,17,18). The molecule has 0 saturated heterocycles. The SMILES string of the molecule is CCCN(C(=O)c1ccccc1C(=O)O)C(C)C. The maximum Gasteiger partial charge on any atom is 0.336 e. The van der Waals surface area contributed by atoms with Crippen LogP contribution in [-0.4, -0.2) is 34.5 Å². The molecule has 0 bridgehead atoms. The molecule has 0 saturated carbocycles. The molecule has 0 unspecified atom stereocenters. The predicted molar refractivity (Wildman–Crippen MR) is 69.9 cm³/mol. The van der Waals surface area contributed by atoms with E-state index in [1.165, 1.54) is 6.07 Å². The van der Waals surface area contributed by atoms with Crippen molar-refractivity contribution in [1.82, 2.24) is 4.90 Å². The Hall–Kier alpha value is -1.84. The summed E-state index contributed by atoms with van der Waals surface area (Å²) in [6.45, 7) is 6.48. The lowest BCUT2D eigenvalue weighted by Crippen LogP contribution is -2.38. The van der Waals surface area contributed by atoms with Crippen LogP contribution in [0.15, 0.2) is 24.3 Å². The molecule has 0 aliphatic rings. The molecule has 1 amide bonds. The molecule has 4 heteroatoms. The lowest BCUT2D eigenvalue weighted by atomic mass is 10.1. The minimum absolute atomic E-state index is 0.0549. The van der Waals surface area contributed by atoms with Gasteiger partial charge in [-0.2, -0.15) is 0 Å². The third-order valence-electron chi connectivity index (χ3n) is 2.74. The molecule has 1 rings (SSSR count). The number of hydrogen-bond acceptors (Lipinski definition) is 2. The van der Waals surface area contributed by atoms with Crippen LogP contribution in [0, 0.1) is 0 Å². The Balaban J connectivity index is 3.12. The van der Waals surface area contributed by atoms with Crippen LogP contribution in [-0.2, 0) is 0 Å². The topological polar surface area (TPSA) is 57.6 Å². The number of rotatable bonds is 5. The molecule has 0 aromatic heterocycles. The van der Waals surface area contributed by atoms with E-state index in [9.17, 15) is 9.59 Å². The van der Waals surface area contributed by atoms with Gasteiger partial charge in [-0.05, 0) is 32.4 Å². The highest BCUT2D eigenvalue weighted by molar-refractivity contribution is 6.04. The molecule has 0 aliphatic heterocycles. The second kappa shape index (κ2) is 6.19. The van der Waals surface area contributed by atoms with Gasteiger partial charge >= 0.3 is 5.97 Å². The average Bonchev–Trinajstić information content (AvgIpc) is 2.34. The van der Waals surface area contributed by atoms with Gasteiger partial charge in [0.05, 0.1) is 11.1 Å². The summed E-state index contributed by atoms with van der Waals surface area (Å²) in [7, 11) is 0. The van der Waals surface area contributed by atoms with Crippen LogP contribution >= 0.6 is 0 Å². The molecule has 0 fully saturated rings. The zero-order valence-electron chi connectivity index (χ0n) is 11.0. The highest BCUT2D eigenvalue weighted by Gasteiger charge is 2.22. The molecule has 0 atom stereocenters. The van der Waals surface area contributed by atoms with Crippen LogP contribution in [0.1, 0.15) is 47.9 Å². The van der Waals surface area contributed by atoms with E-state index in [1.54, 1.807) is 23.1 Å². The van der Waals surface area contributed by atoms with Crippen LogP contribution in [0.25, 0.3) is 0 Å².